The maximum atomic E-state index is 12.7. The summed E-state index contributed by atoms with van der Waals surface area (Å²) in [6.45, 7) is 14.9. The van der Waals surface area contributed by atoms with Crippen molar-refractivity contribution >= 4 is 16.7 Å². The van der Waals surface area contributed by atoms with Crippen LogP contribution in [0.15, 0.2) is 42.5 Å². The molecule has 2 heteroatoms. The minimum atomic E-state index is -0.428. The topological polar surface area (TPSA) is 26.3 Å². The molecule has 0 aliphatic heterocycles. The van der Waals surface area contributed by atoms with Gasteiger partial charge in [-0.05, 0) is 41.5 Å². The van der Waals surface area contributed by atoms with Crippen LogP contribution in [-0.2, 0) is 16.1 Å². The van der Waals surface area contributed by atoms with Gasteiger partial charge < -0.3 is 4.74 Å². The molecule has 0 fully saturated rings. The highest BCUT2D eigenvalue weighted by Crippen LogP contribution is 2.37. The lowest BCUT2D eigenvalue weighted by Gasteiger charge is -2.32. The first kappa shape index (κ1) is 21.2. The van der Waals surface area contributed by atoms with Crippen molar-refractivity contribution in [3.05, 3.63) is 48.0 Å². The van der Waals surface area contributed by atoms with Gasteiger partial charge in [0.1, 0.15) is 6.61 Å². The number of hydrogen-bond donors (Lipinski definition) is 0. The minimum Gasteiger partial charge on any atom is -0.460 e. The number of fused-ring (bicyclic) bond motifs is 1. The highest BCUT2D eigenvalue weighted by molar-refractivity contribution is 5.86. The molecule has 0 heterocycles. The molecule has 0 aliphatic carbocycles. The standard InChI is InChI=1S/C21H28O2.C2H6/c1-6-21(5,15-20(2,3)4)19(22)23-14-17-12-9-11-16-10-7-8-13-18(16)17;1-2/h7-13H,6,14-15H2,1-5H3;1-2H3. The van der Waals surface area contributed by atoms with Gasteiger partial charge in [-0.15, -0.1) is 0 Å². The Morgan fingerprint density at radius 3 is 2.16 bits per heavy atom. The summed E-state index contributed by atoms with van der Waals surface area (Å²) in [7, 11) is 0. The van der Waals surface area contributed by atoms with Crippen molar-refractivity contribution in [1.82, 2.24) is 0 Å². The van der Waals surface area contributed by atoms with Gasteiger partial charge in [0.25, 0.3) is 0 Å². The zero-order valence-corrected chi connectivity index (χ0v) is 17.0. The average Bonchev–Trinajstić information content (AvgIpc) is 2.59. The Bertz CT molecular complexity index is 677. The van der Waals surface area contributed by atoms with Gasteiger partial charge in [0.15, 0.2) is 0 Å². The maximum Gasteiger partial charge on any atom is 0.312 e. The molecule has 2 nitrogen and oxygen atoms in total. The van der Waals surface area contributed by atoms with Crippen molar-refractivity contribution in [3.63, 3.8) is 0 Å². The van der Waals surface area contributed by atoms with E-state index in [0.29, 0.717) is 6.61 Å². The van der Waals surface area contributed by atoms with Crippen LogP contribution in [0.25, 0.3) is 10.8 Å². The minimum absolute atomic E-state index is 0.0946. The van der Waals surface area contributed by atoms with Crippen LogP contribution in [0.2, 0.25) is 0 Å². The van der Waals surface area contributed by atoms with Gasteiger partial charge in [-0.25, -0.2) is 0 Å². The van der Waals surface area contributed by atoms with Crippen molar-refractivity contribution in [2.75, 3.05) is 0 Å². The zero-order chi connectivity index (χ0) is 19.1. The molecule has 2 aromatic carbocycles. The average molecular weight is 343 g/mol. The van der Waals surface area contributed by atoms with E-state index < -0.39 is 5.41 Å². The highest BCUT2D eigenvalue weighted by Gasteiger charge is 2.36. The first-order valence-corrected chi connectivity index (χ1v) is 9.39. The first-order valence-electron chi connectivity index (χ1n) is 9.39. The second kappa shape index (κ2) is 9.03. The van der Waals surface area contributed by atoms with Crippen LogP contribution in [0, 0.1) is 10.8 Å². The third-order valence-electron chi connectivity index (χ3n) is 4.43. The summed E-state index contributed by atoms with van der Waals surface area (Å²) in [5.41, 5.74) is 0.733. The molecule has 2 rings (SSSR count). The van der Waals surface area contributed by atoms with Gasteiger partial charge in [0.05, 0.1) is 5.41 Å². The summed E-state index contributed by atoms with van der Waals surface area (Å²) in [4.78, 5) is 12.7. The normalized spacial score (nSPS) is 13.6. The number of esters is 1. The van der Waals surface area contributed by atoms with Gasteiger partial charge in [0.2, 0.25) is 0 Å². The van der Waals surface area contributed by atoms with Crippen molar-refractivity contribution in [2.45, 2.75) is 67.9 Å². The molecule has 1 unspecified atom stereocenters. The monoisotopic (exact) mass is 342 g/mol. The summed E-state index contributed by atoms with van der Waals surface area (Å²) >= 11 is 0. The van der Waals surface area contributed by atoms with Crippen molar-refractivity contribution in [1.29, 1.82) is 0 Å². The van der Waals surface area contributed by atoms with Gasteiger partial charge in [-0.1, -0.05) is 84.0 Å². The number of carbonyl (C=O) groups is 1. The van der Waals surface area contributed by atoms with Crippen LogP contribution in [-0.4, -0.2) is 5.97 Å². The molecule has 0 aromatic heterocycles. The summed E-state index contributed by atoms with van der Waals surface area (Å²) in [5, 5.41) is 2.32. The van der Waals surface area contributed by atoms with Crippen molar-refractivity contribution < 1.29 is 9.53 Å². The maximum absolute atomic E-state index is 12.7. The van der Waals surface area contributed by atoms with Crippen molar-refractivity contribution in [3.8, 4) is 0 Å². The van der Waals surface area contributed by atoms with E-state index in [-0.39, 0.29) is 11.4 Å². The van der Waals surface area contributed by atoms with Crippen LogP contribution in [0.3, 0.4) is 0 Å². The predicted octanol–water partition coefficient (Wildman–Crippen LogP) is 6.76. The molecule has 0 bridgehead atoms. The molecular formula is C23H34O2. The molecule has 0 amide bonds. The largest absolute Gasteiger partial charge is 0.460 e. The first-order chi connectivity index (χ1) is 11.7. The van der Waals surface area contributed by atoms with E-state index in [1.54, 1.807) is 0 Å². The van der Waals surface area contributed by atoms with E-state index in [1.165, 1.54) is 5.39 Å². The Hall–Kier alpha value is -1.83. The van der Waals surface area contributed by atoms with E-state index >= 15 is 0 Å². The summed E-state index contributed by atoms with van der Waals surface area (Å²) in [6, 6.07) is 14.3. The molecule has 0 aliphatic rings. The molecule has 0 saturated carbocycles. The molecule has 25 heavy (non-hydrogen) atoms. The molecule has 0 radical (unpaired) electrons. The second-order valence-electron chi connectivity index (χ2n) is 7.87. The van der Waals surface area contributed by atoms with Crippen LogP contribution in [0.4, 0.5) is 0 Å². The lowest BCUT2D eigenvalue weighted by molar-refractivity contribution is -0.158. The number of ether oxygens (including phenoxy) is 1. The lowest BCUT2D eigenvalue weighted by atomic mass is 9.73. The predicted molar refractivity (Wildman–Crippen MR) is 108 cm³/mol. The molecule has 138 valence electrons. The van der Waals surface area contributed by atoms with Crippen LogP contribution in [0.1, 0.15) is 66.9 Å². The molecule has 1 atom stereocenters. The third-order valence-corrected chi connectivity index (χ3v) is 4.43. The quantitative estimate of drug-likeness (QED) is 0.561. The van der Waals surface area contributed by atoms with Gasteiger partial charge in [-0.2, -0.15) is 0 Å². The third kappa shape index (κ3) is 5.88. The Balaban J connectivity index is 0.00000151. The Kier molecular flexibility index (Phi) is 7.66. The second-order valence-corrected chi connectivity index (χ2v) is 7.87. The molecular weight excluding hydrogens is 308 g/mol. The van der Waals surface area contributed by atoms with Gasteiger partial charge in [0, 0.05) is 0 Å². The number of benzene rings is 2. The summed E-state index contributed by atoms with van der Waals surface area (Å²) in [5.74, 6) is -0.0946. The van der Waals surface area contributed by atoms with Crippen molar-refractivity contribution in [2.24, 2.45) is 10.8 Å². The highest BCUT2D eigenvalue weighted by atomic mass is 16.5. The van der Waals surface area contributed by atoms with E-state index in [1.807, 2.05) is 45.0 Å². The Morgan fingerprint density at radius 1 is 0.960 bits per heavy atom. The van der Waals surface area contributed by atoms with Crippen LogP contribution in [0.5, 0.6) is 0 Å². The van der Waals surface area contributed by atoms with E-state index in [0.717, 1.165) is 23.8 Å². The Labute approximate surface area is 153 Å². The molecule has 0 spiro atoms. The fourth-order valence-corrected chi connectivity index (χ4v) is 3.25. The Morgan fingerprint density at radius 2 is 1.56 bits per heavy atom. The number of hydrogen-bond acceptors (Lipinski definition) is 2. The molecule has 2 aromatic rings. The SMILES string of the molecule is CC.CCC(C)(CC(C)(C)C)C(=O)OCc1cccc2ccccc12. The lowest BCUT2D eigenvalue weighted by Crippen LogP contribution is -2.33. The fraction of sp³-hybridized carbons (Fsp3) is 0.522. The molecule has 0 saturated heterocycles. The molecule has 0 N–H and O–H groups in total. The van der Waals surface area contributed by atoms with E-state index in [4.69, 9.17) is 4.74 Å². The number of rotatable bonds is 5. The van der Waals surface area contributed by atoms with Crippen LogP contribution >= 0.6 is 0 Å². The summed E-state index contributed by atoms with van der Waals surface area (Å²) in [6.07, 6.45) is 1.61. The van der Waals surface area contributed by atoms with Crippen LogP contribution < -0.4 is 0 Å². The smallest absolute Gasteiger partial charge is 0.312 e. The van der Waals surface area contributed by atoms with Gasteiger partial charge in [-0.3, -0.25) is 4.79 Å². The fourth-order valence-electron chi connectivity index (χ4n) is 3.25. The summed E-state index contributed by atoms with van der Waals surface area (Å²) < 4.78 is 5.70. The van der Waals surface area contributed by atoms with E-state index in [9.17, 15) is 4.79 Å². The zero-order valence-electron chi connectivity index (χ0n) is 17.0. The van der Waals surface area contributed by atoms with E-state index in [2.05, 4.69) is 45.9 Å². The number of carbonyl (C=O) groups excluding carboxylic acids is 1. The van der Waals surface area contributed by atoms with Gasteiger partial charge >= 0.3 is 5.97 Å².